The van der Waals surface area contributed by atoms with Gasteiger partial charge in [0.15, 0.2) is 6.29 Å². The maximum atomic E-state index is 10.7. The van der Waals surface area contributed by atoms with Crippen LogP contribution in [-0.2, 0) is 0 Å². The van der Waals surface area contributed by atoms with Gasteiger partial charge in [-0.25, -0.2) is 4.98 Å². The number of hydrogen-bond acceptors (Lipinski definition) is 2. The molecule has 1 aromatic carbocycles. The third kappa shape index (κ3) is 1.29. The maximum Gasteiger partial charge on any atom is 0.170 e. The molecular weight excluding hydrogens is 224 g/mol. The van der Waals surface area contributed by atoms with Gasteiger partial charge in [0, 0.05) is 11.2 Å². The number of benzene rings is 1. The summed E-state index contributed by atoms with van der Waals surface area (Å²) in [6, 6.07) is 9.48. The summed E-state index contributed by atoms with van der Waals surface area (Å²) in [7, 11) is 0. The van der Waals surface area contributed by atoms with E-state index in [1.807, 2.05) is 34.7 Å². The van der Waals surface area contributed by atoms with Crippen molar-refractivity contribution in [3.63, 3.8) is 0 Å². The lowest BCUT2D eigenvalue weighted by Crippen LogP contribution is -1.86. The summed E-state index contributed by atoms with van der Waals surface area (Å²) in [6.07, 6.45) is 2.45. The molecule has 0 bridgehead atoms. The van der Waals surface area contributed by atoms with Crippen LogP contribution in [0.25, 0.3) is 16.6 Å². The number of hydrogen-bond donors (Lipinski definition) is 0. The van der Waals surface area contributed by atoms with Gasteiger partial charge in [0.25, 0.3) is 0 Å². The Labute approximate surface area is 96.3 Å². The lowest BCUT2D eigenvalue weighted by atomic mass is 10.2. The largest absolute Gasteiger partial charge is 0.299 e. The molecule has 0 radical (unpaired) electrons. The number of aromatic nitrogens is 2. The SMILES string of the molecule is O=Cc1cn2c(ccc3ccc(Cl)cc32)n1. The normalized spacial score (nSPS) is 11.1. The van der Waals surface area contributed by atoms with Crippen LogP contribution in [0.5, 0.6) is 0 Å². The minimum absolute atomic E-state index is 0.424. The smallest absolute Gasteiger partial charge is 0.170 e. The standard InChI is InChI=1S/C12H7ClN2O/c13-9-3-1-8-2-4-12-14-10(7-16)6-15(12)11(8)5-9/h1-7H. The summed E-state index contributed by atoms with van der Waals surface area (Å²) in [5.74, 6) is 0. The van der Waals surface area contributed by atoms with E-state index >= 15 is 0 Å². The van der Waals surface area contributed by atoms with Crippen LogP contribution in [0, 0.1) is 0 Å². The first-order chi connectivity index (χ1) is 7.78. The molecular formula is C12H7ClN2O. The van der Waals surface area contributed by atoms with Crippen molar-refractivity contribution in [1.82, 2.24) is 9.38 Å². The van der Waals surface area contributed by atoms with Gasteiger partial charge >= 0.3 is 0 Å². The van der Waals surface area contributed by atoms with Crippen molar-refractivity contribution in [3.05, 3.63) is 47.2 Å². The van der Waals surface area contributed by atoms with E-state index in [4.69, 9.17) is 11.6 Å². The van der Waals surface area contributed by atoms with E-state index in [1.165, 1.54) is 0 Å². The zero-order valence-corrected chi connectivity index (χ0v) is 8.98. The van der Waals surface area contributed by atoms with Gasteiger partial charge in [0.1, 0.15) is 11.3 Å². The second-order valence-corrected chi connectivity index (χ2v) is 3.98. The van der Waals surface area contributed by atoms with E-state index in [0.29, 0.717) is 10.7 Å². The highest BCUT2D eigenvalue weighted by Crippen LogP contribution is 2.21. The number of nitrogens with zero attached hydrogens (tertiary/aromatic N) is 2. The average Bonchev–Trinajstić information content (AvgIpc) is 2.72. The minimum atomic E-state index is 0.424. The lowest BCUT2D eigenvalue weighted by Gasteiger charge is -2.01. The van der Waals surface area contributed by atoms with Crippen molar-refractivity contribution < 1.29 is 4.79 Å². The first kappa shape index (κ1) is 9.36. The summed E-state index contributed by atoms with van der Waals surface area (Å²) in [5.41, 5.74) is 2.12. The molecule has 0 saturated carbocycles. The molecule has 3 nitrogen and oxygen atoms in total. The molecule has 78 valence electrons. The van der Waals surface area contributed by atoms with Gasteiger partial charge in [0.2, 0.25) is 0 Å². The van der Waals surface area contributed by atoms with E-state index in [-0.39, 0.29) is 0 Å². The number of carbonyl (C=O) groups is 1. The van der Waals surface area contributed by atoms with Gasteiger partial charge in [-0.2, -0.15) is 0 Å². The Morgan fingerprint density at radius 3 is 2.88 bits per heavy atom. The van der Waals surface area contributed by atoms with Gasteiger partial charge in [-0.15, -0.1) is 0 Å². The molecule has 3 aromatic rings. The molecule has 0 aliphatic heterocycles. The maximum absolute atomic E-state index is 10.7. The van der Waals surface area contributed by atoms with Gasteiger partial charge in [-0.05, 0) is 29.7 Å². The van der Waals surface area contributed by atoms with Crippen molar-refractivity contribution in [2.45, 2.75) is 0 Å². The Morgan fingerprint density at radius 1 is 1.25 bits per heavy atom. The molecule has 0 fully saturated rings. The summed E-state index contributed by atoms with van der Waals surface area (Å²) >= 11 is 5.96. The van der Waals surface area contributed by atoms with Gasteiger partial charge in [-0.1, -0.05) is 17.7 Å². The van der Waals surface area contributed by atoms with Crippen molar-refractivity contribution in [2.24, 2.45) is 0 Å². The first-order valence-electron chi connectivity index (χ1n) is 4.80. The van der Waals surface area contributed by atoms with E-state index in [9.17, 15) is 4.79 Å². The van der Waals surface area contributed by atoms with Crippen LogP contribution in [0.4, 0.5) is 0 Å². The third-order valence-electron chi connectivity index (χ3n) is 2.54. The molecule has 2 aromatic heterocycles. The van der Waals surface area contributed by atoms with Crippen molar-refractivity contribution in [2.75, 3.05) is 0 Å². The summed E-state index contributed by atoms with van der Waals surface area (Å²) in [6.45, 7) is 0. The fraction of sp³-hybridized carbons (Fsp3) is 0. The number of aldehydes is 1. The van der Waals surface area contributed by atoms with Crippen molar-refractivity contribution in [1.29, 1.82) is 0 Å². The molecule has 0 unspecified atom stereocenters. The van der Waals surface area contributed by atoms with Gasteiger partial charge < -0.3 is 0 Å². The van der Waals surface area contributed by atoms with Crippen LogP contribution in [0.1, 0.15) is 10.5 Å². The lowest BCUT2D eigenvalue weighted by molar-refractivity contribution is 0.111. The summed E-state index contributed by atoms with van der Waals surface area (Å²) in [4.78, 5) is 14.8. The number of halogens is 1. The zero-order chi connectivity index (χ0) is 11.1. The number of imidazole rings is 1. The van der Waals surface area contributed by atoms with Crippen LogP contribution in [0.2, 0.25) is 5.02 Å². The second kappa shape index (κ2) is 3.32. The molecule has 3 rings (SSSR count). The molecule has 0 saturated heterocycles. The summed E-state index contributed by atoms with van der Waals surface area (Å²) < 4.78 is 1.87. The molecule has 2 heterocycles. The van der Waals surface area contributed by atoms with E-state index in [2.05, 4.69) is 4.98 Å². The Kier molecular flexibility index (Phi) is 1.94. The van der Waals surface area contributed by atoms with Gasteiger partial charge in [0.05, 0.1) is 5.52 Å². The molecule has 0 aliphatic carbocycles. The van der Waals surface area contributed by atoms with E-state index in [1.54, 1.807) is 6.20 Å². The molecule has 0 atom stereocenters. The van der Waals surface area contributed by atoms with Crippen LogP contribution in [-0.4, -0.2) is 15.7 Å². The van der Waals surface area contributed by atoms with Crippen LogP contribution in [0.15, 0.2) is 36.5 Å². The number of carbonyl (C=O) groups excluding carboxylic acids is 1. The number of rotatable bonds is 1. The topological polar surface area (TPSA) is 34.4 Å². The van der Waals surface area contributed by atoms with Crippen molar-refractivity contribution >= 4 is 34.4 Å². The molecule has 0 N–H and O–H groups in total. The first-order valence-corrected chi connectivity index (χ1v) is 5.18. The minimum Gasteiger partial charge on any atom is -0.299 e. The fourth-order valence-electron chi connectivity index (χ4n) is 1.81. The second-order valence-electron chi connectivity index (χ2n) is 3.55. The quantitative estimate of drug-likeness (QED) is 0.603. The van der Waals surface area contributed by atoms with E-state index < -0.39 is 0 Å². The van der Waals surface area contributed by atoms with Gasteiger partial charge in [-0.3, -0.25) is 9.20 Å². The molecule has 4 heteroatoms. The Morgan fingerprint density at radius 2 is 2.06 bits per heavy atom. The highest BCUT2D eigenvalue weighted by atomic mass is 35.5. The Balaban J connectivity index is 2.50. The Bertz CT molecular complexity index is 703. The molecule has 16 heavy (non-hydrogen) atoms. The zero-order valence-electron chi connectivity index (χ0n) is 8.22. The summed E-state index contributed by atoms with van der Waals surface area (Å²) in [5, 5.41) is 1.73. The van der Waals surface area contributed by atoms with E-state index in [0.717, 1.165) is 22.8 Å². The molecule has 0 aliphatic rings. The van der Waals surface area contributed by atoms with Crippen LogP contribution in [0.3, 0.4) is 0 Å². The highest BCUT2D eigenvalue weighted by molar-refractivity contribution is 6.31. The third-order valence-corrected chi connectivity index (χ3v) is 2.77. The Hall–Kier alpha value is -1.87. The average molecular weight is 231 g/mol. The highest BCUT2D eigenvalue weighted by Gasteiger charge is 2.04. The predicted molar refractivity (Wildman–Crippen MR) is 63.1 cm³/mol. The van der Waals surface area contributed by atoms with Crippen LogP contribution >= 0.6 is 11.6 Å². The van der Waals surface area contributed by atoms with Crippen molar-refractivity contribution in [3.8, 4) is 0 Å². The number of pyridine rings is 1. The number of fused-ring (bicyclic) bond motifs is 3. The fourth-order valence-corrected chi connectivity index (χ4v) is 1.98. The van der Waals surface area contributed by atoms with Crippen LogP contribution < -0.4 is 0 Å². The monoisotopic (exact) mass is 230 g/mol. The molecule has 0 spiro atoms. The molecule has 0 amide bonds. The predicted octanol–water partition coefficient (Wildman–Crippen LogP) is 2.95.